The van der Waals surface area contributed by atoms with Crippen molar-refractivity contribution in [3.05, 3.63) is 83.2 Å². The van der Waals surface area contributed by atoms with Crippen LogP contribution < -0.4 is 4.74 Å². The molecule has 0 saturated heterocycles. The summed E-state index contributed by atoms with van der Waals surface area (Å²) in [5, 5.41) is 0. The number of aryl methyl sites for hydroxylation is 1. The molecule has 0 N–H and O–H groups in total. The maximum Gasteiger partial charge on any atom is 0.261 e. The predicted molar refractivity (Wildman–Crippen MR) is 97.7 cm³/mol. The second-order valence-corrected chi connectivity index (χ2v) is 6.24. The number of benzene rings is 2. The molecule has 3 aromatic rings. The second kappa shape index (κ2) is 6.19. The lowest BCUT2D eigenvalue weighted by Crippen LogP contribution is -2.30. The molecule has 130 valence electrons. The Balaban J connectivity index is 1.71. The van der Waals surface area contributed by atoms with Crippen LogP contribution in [0.3, 0.4) is 0 Å². The molecule has 0 fully saturated rings. The van der Waals surface area contributed by atoms with Gasteiger partial charge >= 0.3 is 0 Å². The molecular formula is C21H18N2O3. The zero-order valence-corrected chi connectivity index (χ0v) is 14.6. The van der Waals surface area contributed by atoms with Crippen molar-refractivity contribution in [2.75, 3.05) is 7.11 Å². The van der Waals surface area contributed by atoms with Crippen LogP contribution in [0.25, 0.3) is 5.69 Å². The minimum atomic E-state index is -0.248. The zero-order valence-electron chi connectivity index (χ0n) is 14.6. The lowest BCUT2D eigenvalue weighted by atomic mass is 10.1. The number of aromatic nitrogens is 1. The number of hydrogen-bond acceptors (Lipinski definition) is 3. The molecule has 5 nitrogen and oxygen atoms in total. The van der Waals surface area contributed by atoms with Crippen LogP contribution in [0.1, 0.15) is 32.1 Å². The van der Waals surface area contributed by atoms with Crippen LogP contribution in [-0.2, 0) is 6.54 Å². The number of methoxy groups -OCH3 is 1. The van der Waals surface area contributed by atoms with E-state index >= 15 is 0 Å². The average Bonchev–Trinajstić information content (AvgIpc) is 3.15. The van der Waals surface area contributed by atoms with E-state index < -0.39 is 0 Å². The van der Waals surface area contributed by atoms with Gasteiger partial charge in [0.1, 0.15) is 5.75 Å². The molecule has 0 spiro atoms. The van der Waals surface area contributed by atoms with Gasteiger partial charge in [-0.25, -0.2) is 0 Å². The Bertz CT molecular complexity index is 985. The Morgan fingerprint density at radius 2 is 1.58 bits per heavy atom. The molecular weight excluding hydrogens is 328 g/mol. The highest BCUT2D eigenvalue weighted by Gasteiger charge is 2.35. The average molecular weight is 346 g/mol. The van der Waals surface area contributed by atoms with E-state index in [4.69, 9.17) is 4.74 Å². The van der Waals surface area contributed by atoms with Crippen molar-refractivity contribution >= 4 is 11.8 Å². The minimum Gasteiger partial charge on any atom is -0.497 e. The molecule has 5 heteroatoms. The molecule has 2 amide bonds. The summed E-state index contributed by atoms with van der Waals surface area (Å²) in [5.41, 5.74) is 3.75. The SMILES string of the molecule is COc1cccc(-n2c(C)ccc2CN2C(=O)c3ccccc3C2=O)c1. The van der Waals surface area contributed by atoms with Gasteiger partial charge in [0.05, 0.1) is 24.8 Å². The highest BCUT2D eigenvalue weighted by atomic mass is 16.5. The summed E-state index contributed by atoms with van der Waals surface area (Å²) in [7, 11) is 1.63. The van der Waals surface area contributed by atoms with E-state index in [1.54, 1.807) is 31.4 Å². The van der Waals surface area contributed by atoms with Crippen LogP contribution in [0.15, 0.2) is 60.7 Å². The molecule has 1 aromatic heterocycles. The molecule has 1 aliphatic heterocycles. The van der Waals surface area contributed by atoms with Crippen LogP contribution in [0.2, 0.25) is 0 Å². The summed E-state index contributed by atoms with van der Waals surface area (Å²) >= 11 is 0. The number of carbonyl (C=O) groups excluding carboxylic acids is 2. The number of rotatable bonds is 4. The van der Waals surface area contributed by atoms with Crippen LogP contribution in [0.4, 0.5) is 0 Å². The van der Waals surface area contributed by atoms with E-state index in [9.17, 15) is 9.59 Å². The number of fused-ring (bicyclic) bond motifs is 1. The molecule has 0 unspecified atom stereocenters. The minimum absolute atomic E-state index is 0.220. The summed E-state index contributed by atoms with van der Waals surface area (Å²) in [6.45, 7) is 2.21. The second-order valence-electron chi connectivity index (χ2n) is 6.24. The van der Waals surface area contributed by atoms with E-state index in [2.05, 4.69) is 0 Å². The summed E-state index contributed by atoms with van der Waals surface area (Å²) in [6, 6.07) is 18.6. The van der Waals surface area contributed by atoms with E-state index in [0.29, 0.717) is 11.1 Å². The highest BCUT2D eigenvalue weighted by Crippen LogP contribution is 2.27. The molecule has 0 atom stereocenters. The third-order valence-electron chi connectivity index (χ3n) is 4.67. The molecule has 0 radical (unpaired) electrons. The zero-order chi connectivity index (χ0) is 18.3. The van der Waals surface area contributed by atoms with Crippen LogP contribution in [0.5, 0.6) is 5.75 Å². The van der Waals surface area contributed by atoms with E-state index in [0.717, 1.165) is 22.8 Å². The van der Waals surface area contributed by atoms with E-state index in [-0.39, 0.29) is 18.4 Å². The molecule has 0 aliphatic carbocycles. The molecule has 26 heavy (non-hydrogen) atoms. The normalized spacial score (nSPS) is 13.2. The third-order valence-corrected chi connectivity index (χ3v) is 4.67. The van der Waals surface area contributed by atoms with Gasteiger partial charge in [-0.15, -0.1) is 0 Å². The number of nitrogens with zero attached hydrogens (tertiary/aromatic N) is 2. The van der Waals surface area contributed by atoms with Gasteiger partial charge < -0.3 is 9.30 Å². The monoisotopic (exact) mass is 346 g/mol. The highest BCUT2D eigenvalue weighted by molar-refractivity contribution is 6.21. The van der Waals surface area contributed by atoms with Crippen LogP contribution in [-0.4, -0.2) is 28.4 Å². The maximum absolute atomic E-state index is 12.6. The van der Waals surface area contributed by atoms with Crippen LogP contribution in [0, 0.1) is 6.92 Å². The first kappa shape index (κ1) is 16.1. The first-order valence-corrected chi connectivity index (χ1v) is 8.37. The third kappa shape index (κ3) is 2.49. The van der Waals surface area contributed by atoms with Gasteiger partial charge in [-0.3, -0.25) is 14.5 Å². The Morgan fingerprint density at radius 1 is 0.885 bits per heavy atom. The fourth-order valence-electron chi connectivity index (χ4n) is 3.38. The van der Waals surface area contributed by atoms with Crippen molar-refractivity contribution in [1.82, 2.24) is 9.47 Å². The first-order chi connectivity index (χ1) is 12.6. The van der Waals surface area contributed by atoms with Gasteiger partial charge in [-0.05, 0) is 43.3 Å². The Kier molecular flexibility index (Phi) is 3.84. The van der Waals surface area contributed by atoms with Gasteiger partial charge in [0.2, 0.25) is 0 Å². The Labute approximate surface area is 151 Å². The smallest absolute Gasteiger partial charge is 0.261 e. The molecule has 0 bridgehead atoms. The van der Waals surface area contributed by atoms with Gasteiger partial charge in [0.15, 0.2) is 0 Å². The van der Waals surface area contributed by atoms with Crippen molar-refractivity contribution in [3.63, 3.8) is 0 Å². The van der Waals surface area contributed by atoms with Crippen molar-refractivity contribution in [1.29, 1.82) is 0 Å². The topological polar surface area (TPSA) is 51.5 Å². The van der Waals surface area contributed by atoms with Crippen LogP contribution >= 0.6 is 0 Å². The van der Waals surface area contributed by atoms with Gasteiger partial charge in [0.25, 0.3) is 11.8 Å². The summed E-state index contributed by atoms with van der Waals surface area (Å²) in [5.74, 6) is 0.255. The summed E-state index contributed by atoms with van der Waals surface area (Å²) in [4.78, 5) is 26.6. The fraction of sp³-hybridized carbons (Fsp3) is 0.143. The standard InChI is InChI=1S/C21H18N2O3/c1-14-10-11-16(23(14)15-6-5-7-17(12-15)26-2)13-22-20(24)18-8-3-4-9-19(18)21(22)25/h3-12H,13H2,1-2H3. The summed E-state index contributed by atoms with van der Waals surface area (Å²) in [6.07, 6.45) is 0. The lowest BCUT2D eigenvalue weighted by molar-refractivity contribution is 0.0639. The van der Waals surface area contributed by atoms with Crippen molar-refractivity contribution in [2.45, 2.75) is 13.5 Å². The number of imide groups is 1. The lowest BCUT2D eigenvalue weighted by Gasteiger charge is -2.17. The fourth-order valence-corrected chi connectivity index (χ4v) is 3.38. The molecule has 4 rings (SSSR count). The van der Waals surface area contributed by atoms with Gasteiger partial charge in [0, 0.05) is 23.1 Å². The van der Waals surface area contributed by atoms with E-state index in [1.165, 1.54) is 4.90 Å². The number of hydrogen-bond donors (Lipinski definition) is 0. The Morgan fingerprint density at radius 3 is 2.23 bits per heavy atom. The van der Waals surface area contributed by atoms with Crippen molar-refractivity contribution in [3.8, 4) is 11.4 Å². The molecule has 1 aliphatic rings. The Hall–Kier alpha value is -3.34. The molecule has 0 saturated carbocycles. The van der Waals surface area contributed by atoms with Gasteiger partial charge in [-0.2, -0.15) is 0 Å². The maximum atomic E-state index is 12.6. The largest absolute Gasteiger partial charge is 0.497 e. The van der Waals surface area contributed by atoms with Gasteiger partial charge in [-0.1, -0.05) is 18.2 Å². The van der Waals surface area contributed by atoms with Crippen molar-refractivity contribution < 1.29 is 14.3 Å². The quantitative estimate of drug-likeness (QED) is 0.679. The number of ether oxygens (including phenoxy) is 1. The first-order valence-electron chi connectivity index (χ1n) is 8.37. The van der Waals surface area contributed by atoms with E-state index in [1.807, 2.05) is 47.9 Å². The predicted octanol–water partition coefficient (Wildman–Crippen LogP) is 3.59. The molecule has 2 aromatic carbocycles. The number of carbonyl (C=O) groups is 2. The number of amides is 2. The summed E-state index contributed by atoms with van der Waals surface area (Å²) < 4.78 is 7.34. The van der Waals surface area contributed by atoms with Crippen molar-refractivity contribution in [2.24, 2.45) is 0 Å². The molecule has 2 heterocycles.